The van der Waals surface area contributed by atoms with E-state index >= 15 is 0 Å². The largest absolute Gasteiger partial charge is 0.492 e. The van der Waals surface area contributed by atoms with E-state index in [1.54, 1.807) is 0 Å². The number of amides is 2. The van der Waals surface area contributed by atoms with Crippen molar-refractivity contribution in [3.63, 3.8) is 0 Å². The molecular formula is C21H24N2O3S. The van der Waals surface area contributed by atoms with Gasteiger partial charge in [0.15, 0.2) is 0 Å². The number of nitrogens with zero attached hydrogens (tertiary/aromatic N) is 2. The predicted octanol–water partition coefficient (Wildman–Crippen LogP) is 4.55. The van der Waals surface area contributed by atoms with Crippen LogP contribution in [0.5, 0.6) is 5.75 Å². The number of imide groups is 1. The number of hydrogen-bond donors (Lipinski definition) is 0. The predicted molar refractivity (Wildman–Crippen MR) is 109 cm³/mol. The highest BCUT2D eigenvalue weighted by Crippen LogP contribution is 2.33. The van der Waals surface area contributed by atoms with E-state index in [2.05, 4.69) is 11.5 Å². The lowest BCUT2D eigenvalue weighted by Crippen LogP contribution is -2.32. The van der Waals surface area contributed by atoms with Gasteiger partial charge in [-0.15, -0.1) is 0 Å². The van der Waals surface area contributed by atoms with Gasteiger partial charge in [-0.2, -0.15) is 0 Å². The summed E-state index contributed by atoms with van der Waals surface area (Å²) in [7, 11) is 0. The lowest BCUT2D eigenvalue weighted by molar-refractivity contribution is -0.123. The Bertz CT molecular complexity index is 897. The van der Waals surface area contributed by atoms with Crippen LogP contribution in [0, 0.1) is 20.8 Å². The number of hydrogen-bond acceptors (Lipinski definition) is 4. The maximum atomic E-state index is 12.6. The van der Waals surface area contributed by atoms with Gasteiger partial charge in [-0.25, -0.2) is 0 Å². The third-order valence-electron chi connectivity index (χ3n) is 4.69. The molecule has 1 saturated heterocycles. The Hall–Kier alpha value is -2.47. The van der Waals surface area contributed by atoms with Gasteiger partial charge < -0.3 is 9.30 Å². The molecule has 2 heterocycles. The molecular weight excluding hydrogens is 360 g/mol. The molecule has 1 aliphatic heterocycles. The van der Waals surface area contributed by atoms with E-state index in [1.807, 2.05) is 57.2 Å². The standard InChI is InChI=1S/C21H24N2O3S/c1-5-22-15(3)12-17(16(22)4)13-19-20(24)23(21(25)27-19)10-11-26-18-8-6-14(2)7-9-18/h6-9,12-13H,5,10-11H2,1-4H3/b19-13-. The first-order valence-corrected chi connectivity index (χ1v) is 9.84. The van der Waals surface area contributed by atoms with E-state index in [0.717, 1.165) is 46.6 Å². The molecule has 0 atom stereocenters. The van der Waals surface area contributed by atoms with Crippen LogP contribution in [0.1, 0.15) is 29.4 Å². The lowest BCUT2D eigenvalue weighted by Gasteiger charge is -2.13. The van der Waals surface area contributed by atoms with Gasteiger partial charge in [0.2, 0.25) is 0 Å². The number of thioether (sulfide) groups is 1. The topological polar surface area (TPSA) is 51.5 Å². The molecule has 0 bridgehead atoms. The van der Waals surface area contributed by atoms with Gasteiger partial charge in [-0.3, -0.25) is 14.5 Å². The SMILES string of the molecule is CCn1c(C)cc(/C=C2\SC(=O)N(CCOc3ccc(C)cc3)C2=O)c1C. The first-order valence-electron chi connectivity index (χ1n) is 9.02. The van der Waals surface area contributed by atoms with Gasteiger partial charge in [0, 0.05) is 17.9 Å². The molecule has 0 radical (unpaired) electrons. The minimum absolute atomic E-state index is 0.240. The molecule has 0 aliphatic carbocycles. The van der Waals surface area contributed by atoms with Crippen LogP contribution in [0.25, 0.3) is 6.08 Å². The van der Waals surface area contributed by atoms with Crippen LogP contribution in [0.4, 0.5) is 4.79 Å². The molecule has 2 aromatic rings. The van der Waals surface area contributed by atoms with E-state index in [0.29, 0.717) is 4.91 Å². The Morgan fingerprint density at radius 3 is 2.44 bits per heavy atom. The molecule has 3 rings (SSSR count). The molecule has 1 aliphatic rings. The molecule has 27 heavy (non-hydrogen) atoms. The fourth-order valence-electron chi connectivity index (χ4n) is 3.18. The molecule has 0 unspecified atom stereocenters. The van der Waals surface area contributed by atoms with Crippen molar-refractivity contribution in [1.82, 2.24) is 9.47 Å². The quantitative estimate of drug-likeness (QED) is 0.686. The van der Waals surface area contributed by atoms with Gasteiger partial charge in [-0.05, 0) is 69.3 Å². The summed E-state index contributed by atoms with van der Waals surface area (Å²) >= 11 is 0.990. The second kappa shape index (κ2) is 8.05. The highest BCUT2D eigenvalue weighted by atomic mass is 32.2. The van der Waals surface area contributed by atoms with Crippen LogP contribution in [-0.4, -0.2) is 33.8 Å². The zero-order valence-corrected chi connectivity index (χ0v) is 16.9. The summed E-state index contributed by atoms with van der Waals surface area (Å²) in [5.41, 5.74) is 4.38. The Labute approximate surface area is 164 Å². The van der Waals surface area contributed by atoms with Crippen LogP contribution in [0.2, 0.25) is 0 Å². The van der Waals surface area contributed by atoms with Crippen LogP contribution in [-0.2, 0) is 11.3 Å². The van der Waals surface area contributed by atoms with E-state index in [1.165, 1.54) is 4.90 Å². The van der Waals surface area contributed by atoms with E-state index in [-0.39, 0.29) is 24.3 Å². The molecule has 1 aromatic carbocycles. The number of aromatic nitrogens is 1. The van der Waals surface area contributed by atoms with Crippen LogP contribution in [0.3, 0.4) is 0 Å². The van der Waals surface area contributed by atoms with Gasteiger partial charge in [0.05, 0.1) is 11.4 Å². The van der Waals surface area contributed by atoms with Crippen molar-refractivity contribution < 1.29 is 14.3 Å². The van der Waals surface area contributed by atoms with E-state index in [9.17, 15) is 9.59 Å². The molecule has 6 heteroatoms. The summed E-state index contributed by atoms with van der Waals surface area (Å²) in [6, 6.07) is 9.74. The summed E-state index contributed by atoms with van der Waals surface area (Å²) in [5.74, 6) is 0.480. The molecule has 1 aromatic heterocycles. The molecule has 0 N–H and O–H groups in total. The average Bonchev–Trinajstić information content (AvgIpc) is 3.06. The van der Waals surface area contributed by atoms with Crippen molar-refractivity contribution in [2.45, 2.75) is 34.2 Å². The summed E-state index contributed by atoms with van der Waals surface area (Å²) in [6.45, 7) is 9.57. The van der Waals surface area contributed by atoms with E-state index in [4.69, 9.17) is 4.74 Å². The average molecular weight is 385 g/mol. The Morgan fingerprint density at radius 1 is 1.11 bits per heavy atom. The van der Waals surface area contributed by atoms with Gasteiger partial charge in [-0.1, -0.05) is 17.7 Å². The zero-order chi connectivity index (χ0) is 19.6. The van der Waals surface area contributed by atoms with Crippen LogP contribution >= 0.6 is 11.8 Å². The van der Waals surface area contributed by atoms with Crippen molar-refractivity contribution in [2.75, 3.05) is 13.2 Å². The van der Waals surface area contributed by atoms with E-state index < -0.39 is 0 Å². The number of aryl methyl sites for hydroxylation is 2. The van der Waals surface area contributed by atoms with Crippen molar-refractivity contribution in [3.8, 4) is 5.75 Å². The van der Waals surface area contributed by atoms with Crippen LogP contribution < -0.4 is 4.74 Å². The van der Waals surface area contributed by atoms with Crippen molar-refractivity contribution in [1.29, 1.82) is 0 Å². The number of carbonyl (C=O) groups is 2. The van der Waals surface area contributed by atoms with Gasteiger partial charge in [0.1, 0.15) is 12.4 Å². The highest BCUT2D eigenvalue weighted by Gasteiger charge is 2.35. The lowest BCUT2D eigenvalue weighted by atomic mass is 10.2. The monoisotopic (exact) mass is 384 g/mol. The molecule has 0 spiro atoms. The Morgan fingerprint density at radius 2 is 1.81 bits per heavy atom. The second-order valence-electron chi connectivity index (χ2n) is 6.57. The smallest absolute Gasteiger partial charge is 0.293 e. The summed E-state index contributed by atoms with van der Waals surface area (Å²) < 4.78 is 7.83. The molecule has 5 nitrogen and oxygen atoms in total. The highest BCUT2D eigenvalue weighted by molar-refractivity contribution is 8.18. The third kappa shape index (κ3) is 4.11. The Balaban J connectivity index is 1.67. The second-order valence-corrected chi connectivity index (χ2v) is 7.56. The summed E-state index contributed by atoms with van der Waals surface area (Å²) in [6.07, 6.45) is 1.82. The first kappa shape index (κ1) is 19.3. The number of benzene rings is 1. The van der Waals surface area contributed by atoms with Gasteiger partial charge >= 0.3 is 0 Å². The Kier molecular flexibility index (Phi) is 5.75. The van der Waals surface area contributed by atoms with Gasteiger partial charge in [0.25, 0.3) is 11.1 Å². The fraction of sp³-hybridized carbons (Fsp3) is 0.333. The van der Waals surface area contributed by atoms with Crippen LogP contribution in [0.15, 0.2) is 35.2 Å². The summed E-state index contributed by atoms with van der Waals surface area (Å²) in [4.78, 5) is 26.6. The molecule has 0 saturated carbocycles. The number of carbonyl (C=O) groups excluding carboxylic acids is 2. The zero-order valence-electron chi connectivity index (χ0n) is 16.1. The minimum Gasteiger partial charge on any atom is -0.492 e. The van der Waals surface area contributed by atoms with Crippen molar-refractivity contribution in [3.05, 3.63) is 57.8 Å². The number of ether oxygens (including phenoxy) is 1. The van der Waals surface area contributed by atoms with Crippen molar-refractivity contribution in [2.24, 2.45) is 0 Å². The number of rotatable bonds is 6. The summed E-state index contributed by atoms with van der Waals surface area (Å²) in [5, 5.41) is -0.247. The fourth-order valence-corrected chi connectivity index (χ4v) is 4.04. The molecule has 1 fully saturated rings. The third-order valence-corrected chi connectivity index (χ3v) is 5.60. The van der Waals surface area contributed by atoms with Crippen molar-refractivity contribution >= 4 is 29.0 Å². The maximum absolute atomic E-state index is 12.6. The maximum Gasteiger partial charge on any atom is 0.293 e. The molecule has 2 amide bonds. The minimum atomic E-state index is -0.251. The normalized spacial score (nSPS) is 15.9. The molecule has 142 valence electrons. The first-order chi connectivity index (χ1) is 12.9.